The summed E-state index contributed by atoms with van der Waals surface area (Å²) in [6.07, 6.45) is 3.61. The van der Waals surface area contributed by atoms with Crippen molar-refractivity contribution < 1.29 is 28.9 Å². The first-order valence-electron chi connectivity index (χ1n) is 11.3. The van der Waals surface area contributed by atoms with Gasteiger partial charge in [0.2, 0.25) is 0 Å². The zero-order valence-corrected chi connectivity index (χ0v) is 19.2. The van der Waals surface area contributed by atoms with Crippen molar-refractivity contribution in [3.05, 3.63) is 59.2 Å². The molecule has 4 rings (SSSR count). The van der Waals surface area contributed by atoms with Crippen LogP contribution in [0.4, 0.5) is 0 Å². The number of ketones is 1. The Morgan fingerprint density at radius 2 is 1.79 bits per heavy atom. The van der Waals surface area contributed by atoms with Gasteiger partial charge in [-0.25, -0.2) is 0 Å². The summed E-state index contributed by atoms with van der Waals surface area (Å²) < 4.78 is 16.7. The van der Waals surface area contributed by atoms with Gasteiger partial charge in [0.05, 0.1) is 32.4 Å². The molecule has 0 radical (unpaired) electrons. The largest absolute Gasteiger partial charge is 0.507 e. The number of hydrogen-bond donors (Lipinski definition) is 1. The molecule has 1 aliphatic carbocycles. The van der Waals surface area contributed by atoms with Crippen molar-refractivity contribution >= 4 is 17.4 Å². The van der Waals surface area contributed by atoms with Gasteiger partial charge in [-0.15, -0.1) is 0 Å². The first kappa shape index (κ1) is 22.7. The van der Waals surface area contributed by atoms with Gasteiger partial charge in [-0.3, -0.25) is 9.59 Å². The Morgan fingerprint density at radius 1 is 1.06 bits per heavy atom. The van der Waals surface area contributed by atoms with E-state index in [2.05, 4.69) is 0 Å². The maximum atomic E-state index is 13.3. The van der Waals surface area contributed by atoms with Crippen LogP contribution < -0.4 is 14.2 Å². The van der Waals surface area contributed by atoms with E-state index in [0.717, 1.165) is 25.7 Å². The summed E-state index contributed by atoms with van der Waals surface area (Å²) in [5.74, 6) is -0.0306. The molecule has 7 heteroatoms. The molecule has 1 heterocycles. The van der Waals surface area contributed by atoms with Crippen molar-refractivity contribution in [2.45, 2.75) is 44.7 Å². The van der Waals surface area contributed by atoms with Crippen LogP contribution in [0.15, 0.2) is 48.0 Å². The number of rotatable bonds is 7. The molecule has 1 aliphatic heterocycles. The van der Waals surface area contributed by atoms with E-state index in [9.17, 15) is 14.7 Å². The topological polar surface area (TPSA) is 85.3 Å². The van der Waals surface area contributed by atoms with Crippen LogP contribution in [0.5, 0.6) is 17.2 Å². The number of amides is 1. The summed E-state index contributed by atoms with van der Waals surface area (Å²) in [5.41, 5.74) is 1.06. The number of carbonyl (C=O) groups is 2. The number of ether oxygens (including phenoxy) is 3. The average Bonchev–Trinajstić information content (AvgIpc) is 3.45. The summed E-state index contributed by atoms with van der Waals surface area (Å²) >= 11 is 0. The van der Waals surface area contributed by atoms with Crippen molar-refractivity contribution in [3.63, 3.8) is 0 Å². The Labute approximate surface area is 193 Å². The van der Waals surface area contributed by atoms with Gasteiger partial charge in [0.15, 0.2) is 11.5 Å². The molecular weight excluding hydrogens is 422 g/mol. The summed E-state index contributed by atoms with van der Waals surface area (Å²) in [5, 5.41) is 11.3. The number of aliphatic hydroxyl groups is 1. The molecule has 2 aliphatic rings. The number of methoxy groups -OCH3 is 2. The third-order valence-electron chi connectivity index (χ3n) is 6.34. The van der Waals surface area contributed by atoms with Gasteiger partial charge in [-0.05, 0) is 38.0 Å². The van der Waals surface area contributed by atoms with Crippen molar-refractivity contribution in [3.8, 4) is 17.2 Å². The molecule has 174 valence electrons. The summed E-state index contributed by atoms with van der Waals surface area (Å²) in [6, 6.07) is 11.4. The van der Waals surface area contributed by atoms with Gasteiger partial charge < -0.3 is 24.2 Å². The predicted octanol–water partition coefficient (Wildman–Crippen LogP) is 4.47. The van der Waals surface area contributed by atoms with Crippen LogP contribution in [0.2, 0.25) is 0 Å². The van der Waals surface area contributed by atoms with Gasteiger partial charge in [-0.2, -0.15) is 0 Å². The molecule has 1 atom stereocenters. The highest BCUT2D eigenvalue weighted by Gasteiger charge is 2.50. The Morgan fingerprint density at radius 3 is 2.45 bits per heavy atom. The highest BCUT2D eigenvalue weighted by Crippen LogP contribution is 2.48. The summed E-state index contributed by atoms with van der Waals surface area (Å²) in [7, 11) is 3.06. The van der Waals surface area contributed by atoms with Crippen molar-refractivity contribution in [1.29, 1.82) is 0 Å². The number of aliphatic hydroxyl groups excluding tert-OH is 1. The lowest BCUT2D eigenvalue weighted by molar-refractivity contribution is -0.141. The number of nitrogens with zero attached hydrogens (tertiary/aromatic N) is 1. The molecular formula is C26H29NO6. The lowest BCUT2D eigenvalue weighted by Gasteiger charge is -2.31. The fourth-order valence-corrected chi connectivity index (χ4v) is 4.90. The van der Waals surface area contributed by atoms with E-state index in [-0.39, 0.29) is 17.4 Å². The van der Waals surface area contributed by atoms with Crippen LogP contribution in [-0.4, -0.2) is 48.6 Å². The molecule has 1 unspecified atom stereocenters. The first-order chi connectivity index (χ1) is 16.0. The zero-order chi connectivity index (χ0) is 23.5. The fourth-order valence-electron chi connectivity index (χ4n) is 4.90. The molecule has 0 aromatic heterocycles. The number of para-hydroxylation sites is 1. The highest BCUT2D eigenvalue weighted by atomic mass is 16.5. The number of hydrogen-bond acceptors (Lipinski definition) is 6. The van der Waals surface area contributed by atoms with E-state index in [1.54, 1.807) is 41.3 Å². The fraction of sp³-hybridized carbons (Fsp3) is 0.385. The minimum Gasteiger partial charge on any atom is -0.507 e. The highest BCUT2D eigenvalue weighted by molar-refractivity contribution is 6.46. The smallest absolute Gasteiger partial charge is 0.295 e. The van der Waals surface area contributed by atoms with Crippen molar-refractivity contribution in [2.75, 3.05) is 20.8 Å². The SMILES string of the molecule is CCOc1cccc(/C(O)=C2/C(=O)C(=O)N(C3CCCC3)C2c2cccc(OC)c2OC)c1. The molecule has 2 aromatic carbocycles. The second kappa shape index (κ2) is 9.57. The van der Waals surface area contributed by atoms with E-state index in [4.69, 9.17) is 14.2 Å². The lowest BCUT2D eigenvalue weighted by atomic mass is 9.93. The maximum Gasteiger partial charge on any atom is 0.295 e. The monoisotopic (exact) mass is 451 g/mol. The third-order valence-corrected chi connectivity index (χ3v) is 6.34. The van der Waals surface area contributed by atoms with Gasteiger partial charge in [0.25, 0.3) is 11.7 Å². The molecule has 33 heavy (non-hydrogen) atoms. The quantitative estimate of drug-likeness (QED) is 0.380. The van der Waals surface area contributed by atoms with Crippen LogP contribution >= 0.6 is 0 Å². The summed E-state index contributed by atoms with van der Waals surface area (Å²) in [4.78, 5) is 28.2. The Balaban J connectivity index is 1.93. The average molecular weight is 452 g/mol. The van der Waals surface area contributed by atoms with E-state index in [1.165, 1.54) is 14.2 Å². The molecule has 1 saturated heterocycles. The minimum atomic E-state index is -0.783. The molecule has 2 fully saturated rings. The second-order valence-corrected chi connectivity index (χ2v) is 8.19. The van der Waals surface area contributed by atoms with Crippen LogP contribution in [0.1, 0.15) is 49.8 Å². The molecule has 2 aromatic rings. The number of likely N-dealkylation sites (tertiary alicyclic amines) is 1. The van der Waals surface area contributed by atoms with E-state index in [0.29, 0.717) is 35.0 Å². The van der Waals surface area contributed by atoms with E-state index < -0.39 is 17.7 Å². The number of Topliss-reactive ketones (excluding diaryl/α,β-unsaturated/α-hetero) is 1. The Bertz CT molecular complexity index is 1090. The zero-order valence-electron chi connectivity index (χ0n) is 19.2. The minimum absolute atomic E-state index is 0.0482. The standard InChI is InChI=1S/C26H29NO6/c1-4-33-18-12-7-9-16(15-18)23(28)21-22(19-13-8-14-20(31-2)25(19)32-3)27(26(30)24(21)29)17-10-5-6-11-17/h7-9,12-15,17,22,28H,4-6,10-11H2,1-3H3/b23-21-. The van der Waals surface area contributed by atoms with Gasteiger partial charge in [-0.1, -0.05) is 37.1 Å². The molecule has 1 N–H and O–H groups in total. The third kappa shape index (κ3) is 4.03. The van der Waals surface area contributed by atoms with Gasteiger partial charge in [0, 0.05) is 17.2 Å². The van der Waals surface area contributed by atoms with Crippen LogP contribution in [0.25, 0.3) is 5.76 Å². The van der Waals surface area contributed by atoms with E-state index >= 15 is 0 Å². The molecule has 7 nitrogen and oxygen atoms in total. The van der Waals surface area contributed by atoms with Crippen LogP contribution in [0, 0.1) is 0 Å². The first-order valence-corrected chi connectivity index (χ1v) is 11.3. The van der Waals surface area contributed by atoms with Crippen LogP contribution in [0.3, 0.4) is 0 Å². The van der Waals surface area contributed by atoms with Crippen LogP contribution in [-0.2, 0) is 9.59 Å². The molecule has 0 bridgehead atoms. The number of carbonyl (C=O) groups excluding carboxylic acids is 2. The Hall–Kier alpha value is -3.48. The molecule has 1 saturated carbocycles. The van der Waals surface area contributed by atoms with Gasteiger partial charge in [0.1, 0.15) is 11.5 Å². The molecule has 1 amide bonds. The maximum absolute atomic E-state index is 13.3. The molecule has 0 spiro atoms. The summed E-state index contributed by atoms with van der Waals surface area (Å²) in [6.45, 7) is 2.34. The van der Waals surface area contributed by atoms with Crippen molar-refractivity contribution in [2.24, 2.45) is 0 Å². The number of benzene rings is 2. The van der Waals surface area contributed by atoms with Gasteiger partial charge >= 0.3 is 0 Å². The second-order valence-electron chi connectivity index (χ2n) is 8.19. The normalized spacial score (nSPS) is 20.3. The van der Waals surface area contributed by atoms with E-state index in [1.807, 2.05) is 13.0 Å². The predicted molar refractivity (Wildman–Crippen MR) is 124 cm³/mol. The Kier molecular flexibility index (Phi) is 6.58. The van der Waals surface area contributed by atoms with Crippen molar-refractivity contribution in [1.82, 2.24) is 4.90 Å². The lowest BCUT2D eigenvalue weighted by Crippen LogP contribution is -2.37.